The molecule has 2 aromatic rings. The predicted molar refractivity (Wildman–Crippen MR) is 90.7 cm³/mol. The Bertz CT molecular complexity index is 699. The van der Waals surface area contributed by atoms with E-state index in [4.69, 9.17) is 14.2 Å². The van der Waals surface area contributed by atoms with Crippen molar-refractivity contribution in [3.63, 3.8) is 0 Å². The number of hydrogen-bond donors (Lipinski definition) is 1. The fraction of sp³-hybridized carbons (Fsp3) is 0.316. The zero-order chi connectivity index (χ0) is 16.9. The van der Waals surface area contributed by atoms with Crippen LogP contribution in [0, 0.1) is 0 Å². The summed E-state index contributed by atoms with van der Waals surface area (Å²) in [5.74, 6) is 2.18. The summed E-state index contributed by atoms with van der Waals surface area (Å²) in [6.07, 6.45) is 0.109. The van der Waals surface area contributed by atoms with E-state index >= 15 is 0 Å². The molecule has 1 aliphatic rings. The van der Waals surface area contributed by atoms with Gasteiger partial charge in [-0.1, -0.05) is 24.3 Å². The van der Waals surface area contributed by atoms with Gasteiger partial charge in [0.15, 0.2) is 17.6 Å². The highest BCUT2D eigenvalue weighted by Crippen LogP contribution is 2.31. The van der Waals surface area contributed by atoms with E-state index in [1.807, 2.05) is 55.5 Å². The average molecular weight is 327 g/mol. The summed E-state index contributed by atoms with van der Waals surface area (Å²) in [5, 5.41) is 2.98. The molecule has 3 rings (SSSR count). The molecule has 2 atom stereocenters. The molecule has 126 valence electrons. The third-order valence-electron chi connectivity index (χ3n) is 4.00. The first-order valence-corrected chi connectivity index (χ1v) is 7.96. The molecule has 2 aromatic carbocycles. The Kier molecular flexibility index (Phi) is 4.89. The first-order chi connectivity index (χ1) is 11.7. The van der Waals surface area contributed by atoms with Crippen molar-refractivity contribution in [2.75, 3.05) is 13.7 Å². The second-order valence-corrected chi connectivity index (χ2v) is 5.80. The molecule has 0 spiro atoms. The van der Waals surface area contributed by atoms with Gasteiger partial charge in [0.1, 0.15) is 12.4 Å². The van der Waals surface area contributed by atoms with E-state index in [9.17, 15) is 4.79 Å². The number of methoxy groups -OCH3 is 1. The SMILES string of the molecule is COc1ccc(CC(=O)NC(C)C2COc3ccccc3O2)cc1. The molecular formula is C19H21NO4. The van der Waals surface area contributed by atoms with Gasteiger partial charge in [0, 0.05) is 0 Å². The number of fused-ring (bicyclic) bond motifs is 1. The van der Waals surface area contributed by atoms with Crippen LogP contribution in [0.15, 0.2) is 48.5 Å². The number of ether oxygens (including phenoxy) is 3. The van der Waals surface area contributed by atoms with Crippen molar-refractivity contribution >= 4 is 5.91 Å². The fourth-order valence-electron chi connectivity index (χ4n) is 2.61. The van der Waals surface area contributed by atoms with E-state index in [-0.39, 0.29) is 18.1 Å². The zero-order valence-electron chi connectivity index (χ0n) is 13.8. The van der Waals surface area contributed by atoms with Gasteiger partial charge in [-0.15, -0.1) is 0 Å². The van der Waals surface area contributed by atoms with E-state index in [0.29, 0.717) is 18.8 Å². The third-order valence-corrected chi connectivity index (χ3v) is 4.00. The highest BCUT2D eigenvalue weighted by atomic mass is 16.6. The lowest BCUT2D eigenvalue weighted by molar-refractivity contribution is -0.121. The molecule has 1 N–H and O–H groups in total. The molecular weight excluding hydrogens is 306 g/mol. The van der Waals surface area contributed by atoms with Crippen LogP contribution in [0.3, 0.4) is 0 Å². The minimum absolute atomic E-state index is 0.0462. The third kappa shape index (κ3) is 3.79. The van der Waals surface area contributed by atoms with Gasteiger partial charge in [0.2, 0.25) is 5.91 Å². The molecule has 0 aromatic heterocycles. The smallest absolute Gasteiger partial charge is 0.224 e. The summed E-state index contributed by atoms with van der Waals surface area (Å²) < 4.78 is 16.7. The largest absolute Gasteiger partial charge is 0.497 e. The Morgan fingerprint density at radius 2 is 1.92 bits per heavy atom. The van der Waals surface area contributed by atoms with Gasteiger partial charge in [-0.2, -0.15) is 0 Å². The number of carbonyl (C=O) groups is 1. The van der Waals surface area contributed by atoms with E-state index < -0.39 is 0 Å². The summed E-state index contributed by atoms with van der Waals surface area (Å²) in [6.45, 7) is 2.34. The number of carbonyl (C=O) groups excluding carboxylic acids is 1. The normalized spacial score (nSPS) is 17.0. The standard InChI is InChI=1S/C19H21NO4/c1-13(18-12-23-16-5-3-4-6-17(16)24-18)20-19(21)11-14-7-9-15(22-2)10-8-14/h3-10,13,18H,11-12H2,1-2H3,(H,20,21). The van der Waals surface area contributed by atoms with Crippen LogP contribution < -0.4 is 19.5 Å². The van der Waals surface area contributed by atoms with E-state index in [1.54, 1.807) is 7.11 Å². The van der Waals surface area contributed by atoms with Crippen LogP contribution in [-0.4, -0.2) is 31.8 Å². The van der Waals surface area contributed by atoms with Crippen molar-refractivity contribution in [2.24, 2.45) is 0 Å². The van der Waals surface area contributed by atoms with E-state index in [1.165, 1.54) is 0 Å². The monoisotopic (exact) mass is 327 g/mol. The second kappa shape index (κ2) is 7.25. The fourth-order valence-corrected chi connectivity index (χ4v) is 2.61. The van der Waals surface area contributed by atoms with Crippen molar-refractivity contribution in [1.82, 2.24) is 5.32 Å². The molecule has 5 heteroatoms. The van der Waals surface area contributed by atoms with Gasteiger partial charge in [-0.05, 0) is 36.8 Å². The van der Waals surface area contributed by atoms with Crippen LogP contribution >= 0.6 is 0 Å². The maximum Gasteiger partial charge on any atom is 0.224 e. The van der Waals surface area contributed by atoms with Crippen LogP contribution in [0.5, 0.6) is 17.2 Å². The summed E-state index contributed by atoms with van der Waals surface area (Å²) in [6, 6.07) is 14.9. The summed E-state index contributed by atoms with van der Waals surface area (Å²) in [4.78, 5) is 12.2. The van der Waals surface area contributed by atoms with Crippen molar-refractivity contribution in [1.29, 1.82) is 0 Å². The van der Waals surface area contributed by atoms with Gasteiger partial charge in [0.25, 0.3) is 0 Å². The van der Waals surface area contributed by atoms with Gasteiger partial charge in [0.05, 0.1) is 19.6 Å². The number of para-hydroxylation sites is 2. The first-order valence-electron chi connectivity index (χ1n) is 7.96. The molecule has 1 amide bonds. The topological polar surface area (TPSA) is 56.8 Å². The highest BCUT2D eigenvalue weighted by molar-refractivity contribution is 5.78. The molecule has 5 nitrogen and oxygen atoms in total. The van der Waals surface area contributed by atoms with Crippen LogP contribution in [0.1, 0.15) is 12.5 Å². The molecule has 0 bridgehead atoms. The summed E-state index contributed by atoms with van der Waals surface area (Å²) in [5.41, 5.74) is 0.937. The average Bonchev–Trinajstić information content (AvgIpc) is 2.61. The van der Waals surface area contributed by atoms with Crippen molar-refractivity contribution in [2.45, 2.75) is 25.5 Å². The van der Waals surface area contributed by atoms with Crippen LogP contribution in [0.2, 0.25) is 0 Å². The van der Waals surface area contributed by atoms with Gasteiger partial charge < -0.3 is 19.5 Å². The van der Waals surface area contributed by atoms with Crippen molar-refractivity contribution < 1.29 is 19.0 Å². The first kappa shape index (κ1) is 16.2. The maximum absolute atomic E-state index is 12.2. The Balaban J connectivity index is 1.54. The lowest BCUT2D eigenvalue weighted by atomic mass is 10.1. The molecule has 0 saturated heterocycles. The Labute approximate surface area is 141 Å². The lowest BCUT2D eigenvalue weighted by Gasteiger charge is -2.30. The Morgan fingerprint density at radius 3 is 2.62 bits per heavy atom. The summed E-state index contributed by atoms with van der Waals surface area (Å²) >= 11 is 0. The van der Waals surface area contributed by atoms with Gasteiger partial charge in [-0.25, -0.2) is 0 Å². The quantitative estimate of drug-likeness (QED) is 0.917. The minimum atomic E-state index is -0.209. The van der Waals surface area contributed by atoms with E-state index in [0.717, 1.165) is 17.1 Å². The molecule has 0 radical (unpaired) electrons. The summed E-state index contributed by atoms with van der Waals surface area (Å²) in [7, 11) is 1.62. The van der Waals surface area contributed by atoms with Gasteiger partial charge >= 0.3 is 0 Å². The minimum Gasteiger partial charge on any atom is -0.497 e. The molecule has 0 fully saturated rings. The predicted octanol–water partition coefficient (Wildman–Crippen LogP) is 2.58. The molecule has 1 aliphatic heterocycles. The second-order valence-electron chi connectivity index (χ2n) is 5.80. The molecule has 0 aliphatic carbocycles. The Morgan fingerprint density at radius 1 is 1.21 bits per heavy atom. The Hall–Kier alpha value is -2.69. The number of nitrogens with one attached hydrogen (secondary N) is 1. The molecule has 1 heterocycles. The van der Waals surface area contributed by atoms with Gasteiger partial charge in [-0.3, -0.25) is 4.79 Å². The van der Waals surface area contributed by atoms with Crippen LogP contribution in [0.4, 0.5) is 0 Å². The zero-order valence-corrected chi connectivity index (χ0v) is 13.8. The highest BCUT2D eigenvalue weighted by Gasteiger charge is 2.26. The maximum atomic E-state index is 12.2. The molecule has 0 saturated carbocycles. The number of rotatable bonds is 5. The van der Waals surface area contributed by atoms with Crippen molar-refractivity contribution in [3.05, 3.63) is 54.1 Å². The lowest BCUT2D eigenvalue weighted by Crippen LogP contribution is -2.48. The number of hydrogen-bond acceptors (Lipinski definition) is 4. The molecule has 2 unspecified atom stereocenters. The molecule has 24 heavy (non-hydrogen) atoms. The van der Waals surface area contributed by atoms with Crippen LogP contribution in [-0.2, 0) is 11.2 Å². The number of benzene rings is 2. The number of amides is 1. The van der Waals surface area contributed by atoms with Crippen LogP contribution in [0.25, 0.3) is 0 Å². The van der Waals surface area contributed by atoms with Crippen molar-refractivity contribution in [3.8, 4) is 17.2 Å². The van der Waals surface area contributed by atoms with E-state index in [2.05, 4.69) is 5.32 Å².